The van der Waals surface area contributed by atoms with Crippen LogP contribution in [0.15, 0.2) is 41.6 Å². The van der Waals surface area contributed by atoms with Crippen LogP contribution in [0.25, 0.3) is 0 Å². The lowest BCUT2D eigenvalue weighted by atomic mass is 10.0. The van der Waals surface area contributed by atoms with E-state index in [2.05, 4.69) is 56.9 Å². The molecule has 17 heavy (non-hydrogen) atoms. The lowest BCUT2D eigenvalue weighted by Gasteiger charge is -2.21. The zero-order chi connectivity index (χ0) is 12.9. The molecule has 0 N–H and O–H groups in total. The first-order chi connectivity index (χ1) is 8.01. The number of benzene rings is 1. The standard InChI is InChI=1S/C15H22OSi/c1-5-13(2)14(11-16)12-17(3,4)15-9-7-6-8-10-15/h6-13H,5H2,1-4H3/b14-12-. The quantitative estimate of drug-likeness (QED) is 0.442. The molecule has 0 saturated carbocycles. The molecule has 0 aliphatic heterocycles. The molecule has 1 rings (SSSR count). The lowest BCUT2D eigenvalue weighted by Crippen LogP contribution is -2.40. The second-order valence-corrected chi connectivity index (χ2v) is 9.47. The molecule has 0 spiro atoms. The topological polar surface area (TPSA) is 17.1 Å². The molecule has 0 radical (unpaired) electrons. The summed E-state index contributed by atoms with van der Waals surface area (Å²) in [6.45, 7) is 8.82. The number of hydrogen-bond donors (Lipinski definition) is 0. The van der Waals surface area contributed by atoms with Crippen LogP contribution >= 0.6 is 0 Å². The van der Waals surface area contributed by atoms with Gasteiger partial charge in [0.15, 0.2) is 0 Å². The van der Waals surface area contributed by atoms with Crippen LogP contribution in [0, 0.1) is 5.92 Å². The maximum atomic E-state index is 11.2. The van der Waals surface area contributed by atoms with Crippen molar-refractivity contribution in [2.45, 2.75) is 33.4 Å². The molecule has 0 aliphatic rings. The van der Waals surface area contributed by atoms with E-state index in [1.165, 1.54) is 5.19 Å². The molecular formula is C15H22OSi. The summed E-state index contributed by atoms with van der Waals surface area (Å²) in [5.74, 6) is 0.364. The van der Waals surface area contributed by atoms with Crippen LogP contribution in [0.3, 0.4) is 0 Å². The van der Waals surface area contributed by atoms with E-state index in [0.717, 1.165) is 18.3 Å². The maximum Gasteiger partial charge on any atom is 0.145 e. The summed E-state index contributed by atoms with van der Waals surface area (Å²) in [7, 11) is -1.64. The van der Waals surface area contributed by atoms with Gasteiger partial charge in [-0.05, 0) is 17.9 Å². The van der Waals surface area contributed by atoms with Crippen LogP contribution < -0.4 is 5.19 Å². The van der Waals surface area contributed by atoms with Crippen molar-refractivity contribution in [2.24, 2.45) is 5.92 Å². The molecule has 0 aliphatic carbocycles. The van der Waals surface area contributed by atoms with Gasteiger partial charge in [0.05, 0.1) is 0 Å². The average molecular weight is 246 g/mol. The molecule has 1 aromatic rings. The molecule has 0 amide bonds. The van der Waals surface area contributed by atoms with Gasteiger partial charge in [0.1, 0.15) is 14.4 Å². The van der Waals surface area contributed by atoms with Crippen molar-refractivity contribution >= 4 is 19.5 Å². The number of carbonyl (C=O) groups is 1. The van der Waals surface area contributed by atoms with E-state index in [0.29, 0.717) is 5.92 Å². The van der Waals surface area contributed by atoms with Gasteiger partial charge < -0.3 is 0 Å². The minimum Gasteiger partial charge on any atom is -0.298 e. The Labute approximate surface area is 106 Å². The Kier molecular flexibility index (Phi) is 4.88. The fraction of sp³-hybridized carbons (Fsp3) is 0.400. The molecule has 1 aromatic carbocycles. The molecule has 92 valence electrons. The number of allylic oxidation sites excluding steroid dienone is 1. The zero-order valence-corrected chi connectivity index (χ0v) is 12.2. The van der Waals surface area contributed by atoms with Gasteiger partial charge in [-0.1, -0.05) is 68.2 Å². The highest BCUT2D eigenvalue weighted by Gasteiger charge is 2.22. The number of rotatable bonds is 5. The summed E-state index contributed by atoms with van der Waals surface area (Å²) in [5, 5.41) is 1.38. The number of carbonyl (C=O) groups excluding carboxylic acids is 1. The monoisotopic (exact) mass is 246 g/mol. The molecule has 1 nitrogen and oxygen atoms in total. The Morgan fingerprint density at radius 2 is 1.88 bits per heavy atom. The van der Waals surface area contributed by atoms with Crippen molar-refractivity contribution in [3.8, 4) is 0 Å². The van der Waals surface area contributed by atoms with Crippen molar-refractivity contribution in [3.05, 3.63) is 41.6 Å². The van der Waals surface area contributed by atoms with Crippen LogP contribution in [0.1, 0.15) is 20.3 Å². The van der Waals surface area contributed by atoms with Gasteiger partial charge in [0.2, 0.25) is 0 Å². The molecule has 0 heterocycles. The lowest BCUT2D eigenvalue weighted by molar-refractivity contribution is -0.105. The fourth-order valence-electron chi connectivity index (χ4n) is 1.90. The van der Waals surface area contributed by atoms with Crippen molar-refractivity contribution in [3.63, 3.8) is 0 Å². The molecule has 0 fully saturated rings. The summed E-state index contributed by atoms with van der Waals surface area (Å²) in [4.78, 5) is 11.2. The van der Waals surface area contributed by atoms with E-state index in [1.807, 2.05) is 6.07 Å². The van der Waals surface area contributed by atoms with Crippen LogP contribution in [-0.4, -0.2) is 14.4 Å². The van der Waals surface area contributed by atoms with Crippen molar-refractivity contribution in [2.75, 3.05) is 0 Å². The first kappa shape index (κ1) is 13.9. The smallest absolute Gasteiger partial charge is 0.145 e. The first-order valence-electron chi connectivity index (χ1n) is 6.24. The Bertz CT molecular complexity index is 393. The minimum atomic E-state index is -1.64. The predicted octanol–water partition coefficient (Wildman–Crippen LogP) is 3.31. The van der Waals surface area contributed by atoms with Crippen molar-refractivity contribution in [1.29, 1.82) is 0 Å². The fourth-order valence-corrected chi connectivity index (χ4v) is 4.30. The number of hydrogen-bond acceptors (Lipinski definition) is 1. The normalized spacial score (nSPS) is 14.5. The van der Waals surface area contributed by atoms with E-state index in [-0.39, 0.29) is 0 Å². The van der Waals surface area contributed by atoms with Gasteiger partial charge in [-0.15, -0.1) is 0 Å². The summed E-state index contributed by atoms with van der Waals surface area (Å²) < 4.78 is 0. The molecule has 1 unspecified atom stereocenters. The highest BCUT2D eigenvalue weighted by atomic mass is 28.3. The maximum absolute atomic E-state index is 11.2. The molecule has 0 bridgehead atoms. The minimum absolute atomic E-state index is 0.364. The third kappa shape index (κ3) is 3.67. The van der Waals surface area contributed by atoms with E-state index in [9.17, 15) is 4.79 Å². The summed E-state index contributed by atoms with van der Waals surface area (Å²) in [5.41, 5.74) is 3.21. The van der Waals surface area contributed by atoms with Gasteiger partial charge in [0, 0.05) is 0 Å². The Balaban J connectivity index is 3.06. The zero-order valence-electron chi connectivity index (χ0n) is 11.2. The van der Waals surface area contributed by atoms with E-state index >= 15 is 0 Å². The number of aldehydes is 1. The molecule has 0 saturated heterocycles. The average Bonchev–Trinajstić information content (AvgIpc) is 2.36. The van der Waals surface area contributed by atoms with Crippen molar-refractivity contribution < 1.29 is 4.79 Å². The summed E-state index contributed by atoms with van der Waals surface area (Å²) in [6.07, 6.45) is 2.05. The molecule has 2 heteroatoms. The second-order valence-electron chi connectivity index (χ2n) is 5.16. The van der Waals surface area contributed by atoms with Gasteiger partial charge in [0.25, 0.3) is 0 Å². The molecule has 0 aromatic heterocycles. The summed E-state index contributed by atoms with van der Waals surface area (Å²) in [6, 6.07) is 10.5. The van der Waals surface area contributed by atoms with E-state index in [4.69, 9.17) is 0 Å². The first-order valence-corrected chi connectivity index (χ1v) is 9.32. The Morgan fingerprint density at radius 1 is 1.29 bits per heavy atom. The van der Waals surface area contributed by atoms with Gasteiger partial charge >= 0.3 is 0 Å². The molecule has 1 atom stereocenters. The highest BCUT2D eigenvalue weighted by molar-refractivity contribution is 6.94. The van der Waals surface area contributed by atoms with Crippen LogP contribution in [0.5, 0.6) is 0 Å². The largest absolute Gasteiger partial charge is 0.298 e. The SMILES string of the molecule is CCC(C)/C(C=O)=C\[Si](C)(C)c1ccccc1. The summed E-state index contributed by atoms with van der Waals surface area (Å²) >= 11 is 0. The Hall–Kier alpha value is -1.15. The van der Waals surface area contributed by atoms with Gasteiger partial charge in [-0.2, -0.15) is 0 Å². The predicted molar refractivity (Wildman–Crippen MR) is 77.2 cm³/mol. The van der Waals surface area contributed by atoms with Crippen LogP contribution in [-0.2, 0) is 4.79 Å². The van der Waals surface area contributed by atoms with Crippen LogP contribution in [0.2, 0.25) is 13.1 Å². The van der Waals surface area contributed by atoms with Gasteiger partial charge in [-0.25, -0.2) is 0 Å². The van der Waals surface area contributed by atoms with E-state index < -0.39 is 8.07 Å². The third-order valence-electron chi connectivity index (χ3n) is 3.36. The van der Waals surface area contributed by atoms with Gasteiger partial charge in [-0.3, -0.25) is 4.79 Å². The van der Waals surface area contributed by atoms with Crippen molar-refractivity contribution in [1.82, 2.24) is 0 Å². The van der Waals surface area contributed by atoms with E-state index in [1.54, 1.807) is 0 Å². The molecular weight excluding hydrogens is 224 g/mol. The highest BCUT2D eigenvalue weighted by Crippen LogP contribution is 2.16. The van der Waals surface area contributed by atoms with Crippen LogP contribution in [0.4, 0.5) is 0 Å². The second kappa shape index (κ2) is 5.96. The third-order valence-corrected chi connectivity index (χ3v) is 6.24. The Morgan fingerprint density at radius 3 is 2.35 bits per heavy atom.